The molecule has 88 valence electrons. The first-order valence-corrected chi connectivity index (χ1v) is 5.81. The fourth-order valence-electron chi connectivity index (χ4n) is 1.57. The monoisotopic (exact) mass is 219 g/mol. The van der Waals surface area contributed by atoms with E-state index in [1.54, 1.807) is 6.92 Å². The van der Waals surface area contributed by atoms with Gasteiger partial charge in [-0.2, -0.15) is 0 Å². The molecule has 16 heavy (non-hydrogen) atoms. The Bertz CT molecular complexity index is 340. The molecule has 0 aliphatic carbocycles. The van der Waals surface area contributed by atoms with Gasteiger partial charge in [-0.05, 0) is 30.5 Å². The van der Waals surface area contributed by atoms with Crippen LogP contribution in [0, 0.1) is 0 Å². The lowest BCUT2D eigenvalue weighted by Crippen LogP contribution is -2.20. The third-order valence-corrected chi connectivity index (χ3v) is 2.80. The molecule has 2 heteroatoms. The Morgan fingerprint density at radius 1 is 1.25 bits per heavy atom. The van der Waals surface area contributed by atoms with Crippen molar-refractivity contribution in [3.05, 3.63) is 29.8 Å². The molecule has 1 aromatic carbocycles. The summed E-state index contributed by atoms with van der Waals surface area (Å²) in [5.74, 6) is 0.808. The van der Waals surface area contributed by atoms with E-state index in [2.05, 4.69) is 43.0 Å². The van der Waals surface area contributed by atoms with E-state index in [0.29, 0.717) is 12.3 Å². The average Bonchev–Trinajstić information content (AvgIpc) is 2.26. The van der Waals surface area contributed by atoms with Crippen LogP contribution in [0.2, 0.25) is 0 Å². The Kier molecular flexibility index (Phi) is 4.53. The molecule has 0 bridgehead atoms. The fraction of sp³-hybridized carbons (Fsp3) is 0.500. The zero-order valence-electron chi connectivity index (χ0n) is 10.7. The normalized spacial score (nSPS) is 10.6. The van der Waals surface area contributed by atoms with Gasteiger partial charge in [-0.3, -0.25) is 4.79 Å². The summed E-state index contributed by atoms with van der Waals surface area (Å²) in [4.78, 5) is 13.0. The summed E-state index contributed by atoms with van der Waals surface area (Å²) >= 11 is 0. The molecule has 0 N–H and O–H groups in total. The smallest absolute Gasteiger partial charge is 0.131 e. The number of carbonyl (C=O) groups excluding carboxylic acids is 1. The van der Waals surface area contributed by atoms with Crippen LogP contribution in [-0.4, -0.2) is 19.4 Å². The number of ketones is 1. The maximum absolute atomic E-state index is 10.9. The second-order valence-corrected chi connectivity index (χ2v) is 4.62. The van der Waals surface area contributed by atoms with E-state index in [1.165, 1.54) is 11.3 Å². The molecule has 0 spiro atoms. The van der Waals surface area contributed by atoms with Crippen molar-refractivity contribution >= 4 is 11.5 Å². The van der Waals surface area contributed by atoms with E-state index in [4.69, 9.17) is 0 Å². The van der Waals surface area contributed by atoms with Gasteiger partial charge in [0.15, 0.2) is 0 Å². The molecule has 0 saturated heterocycles. The molecule has 0 saturated carbocycles. The Balaban J connectivity index is 2.62. The quantitative estimate of drug-likeness (QED) is 0.757. The molecule has 0 aliphatic rings. The summed E-state index contributed by atoms with van der Waals surface area (Å²) in [5, 5.41) is 0. The molecule has 2 nitrogen and oxygen atoms in total. The van der Waals surface area contributed by atoms with E-state index in [-0.39, 0.29) is 5.78 Å². The largest absolute Gasteiger partial charge is 0.374 e. The second kappa shape index (κ2) is 5.69. The number of Topliss-reactive ketones (excluding diaryl/α,β-unsaturated/α-hetero) is 1. The lowest BCUT2D eigenvalue weighted by Gasteiger charge is -2.19. The van der Waals surface area contributed by atoms with Gasteiger partial charge in [0.05, 0.1) is 0 Å². The van der Waals surface area contributed by atoms with Gasteiger partial charge < -0.3 is 4.90 Å². The molecular formula is C14H21NO. The van der Waals surface area contributed by atoms with Crippen molar-refractivity contribution in [3.8, 4) is 0 Å². The number of rotatable bonds is 5. The summed E-state index contributed by atoms with van der Waals surface area (Å²) in [6.07, 6.45) is 0.614. The average molecular weight is 219 g/mol. The highest BCUT2D eigenvalue weighted by Gasteiger charge is 2.03. The topological polar surface area (TPSA) is 20.3 Å². The predicted octanol–water partition coefficient (Wildman–Crippen LogP) is 3.23. The minimum absolute atomic E-state index is 0.241. The molecule has 0 unspecified atom stereocenters. The van der Waals surface area contributed by atoms with E-state index in [0.717, 1.165) is 6.54 Å². The van der Waals surface area contributed by atoms with Crippen molar-refractivity contribution in [2.45, 2.75) is 33.1 Å². The van der Waals surface area contributed by atoms with Crippen molar-refractivity contribution in [3.63, 3.8) is 0 Å². The van der Waals surface area contributed by atoms with E-state index in [1.807, 2.05) is 7.05 Å². The van der Waals surface area contributed by atoms with Crippen LogP contribution in [0.3, 0.4) is 0 Å². The first-order chi connectivity index (χ1) is 7.50. The van der Waals surface area contributed by atoms with Gasteiger partial charge in [0, 0.05) is 25.7 Å². The van der Waals surface area contributed by atoms with Crippen molar-refractivity contribution in [2.75, 3.05) is 18.5 Å². The molecule has 0 aliphatic heterocycles. The van der Waals surface area contributed by atoms with Crippen LogP contribution in [0.4, 0.5) is 5.69 Å². The highest BCUT2D eigenvalue weighted by Crippen LogP contribution is 2.19. The van der Waals surface area contributed by atoms with E-state index < -0.39 is 0 Å². The standard InChI is InChI=1S/C14H21NO/c1-11(2)13-5-7-14(8-6-13)15(4)10-9-12(3)16/h5-8,11H,9-10H2,1-4H3. The minimum atomic E-state index is 0.241. The van der Waals surface area contributed by atoms with Crippen molar-refractivity contribution in [1.82, 2.24) is 0 Å². The zero-order chi connectivity index (χ0) is 12.1. The van der Waals surface area contributed by atoms with Gasteiger partial charge in [-0.1, -0.05) is 26.0 Å². The Morgan fingerprint density at radius 3 is 2.25 bits per heavy atom. The van der Waals surface area contributed by atoms with Crippen LogP contribution in [-0.2, 0) is 4.79 Å². The lowest BCUT2D eigenvalue weighted by atomic mass is 10.0. The fourth-order valence-corrected chi connectivity index (χ4v) is 1.57. The van der Waals surface area contributed by atoms with Crippen LogP contribution >= 0.6 is 0 Å². The Morgan fingerprint density at radius 2 is 1.81 bits per heavy atom. The van der Waals surface area contributed by atoms with Crippen molar-refractivity contribution < 1.29 is 4.79 Å². The summed E-state index contributed by atoms with van der Waals surface area (Å²) < 4.78 is 0. The van der Waals surface area contributed by atoms with Crippen LogP contribution in [0.5, 0.6) is 0 Å². The zero-order valence-corrected chi connectivity index (χ0v) is 10.7. The van der Waals surface area contributed by atoms with Crippen molar-refractivity contribution in [1.29, 1.82) is 0 Å². The summed E-state index contributed by atoms with van der Waals surface area (Å²) in [6.45, 7) is 6.80. The Hall–Kier alpha value is -1.31. The van der Waals surface area contributed by atoms with Gasteiger partial charge in [0.2, 0.25) is 0 Å². The number of nitrogens with zero attached hydrogens (tertiary/aromatic N) is 1. The molecule has 0 atom stereocenters. The number of hydrogen-bond acceptors (Lipinski definition) is 2. The van der Waals surface area contributed by atoms with Crippen molar-refractivity contribution in [2.24, 2.45) is 0 Å². The van der Waals surface area contributed by atoms with Crippen LogP contribution in [0.25, 0.3) is 0 Å². The molecule has 1 rings (SSSR count). The molecule has 0 radical (unpaired) electrons. The summed E-state index contributed by atoms with van der Waals surface area (Å²) in [5.41, 5.74) is 2.52. The third-order valence-electron chi connectivity index (χ3n) is 2.80. The first-order valence-electron chi connectivity index (χ1n) is 5.81. The molecule has 0 aromatic heterocycles. The molecule has 0 heterocycles. The van der Waals surface area contributed by atoms with Gasteiger partial charge in [0.1, 0.15) is 5.78 Å². The van der Waals surface area contributed by atoms with E-state index >= 15 is 0 Å². The Labute approximate surface area is 98.3 Å². The van der Waals surface area contributed by atoms with Gasteiger partial charge in [-0.25, -0.2) is 0 Å². The highest BCUT2D eigenvalue weighted by molar-refractivity contribution is 5.76. The van der Waals surface area contributed by atoms with Gasteiger partial charge in [-0.15, -0.1) is 0 Å². The highest BCUT2D eigenvalue weighted by atomic mass is 16.1. The SMILES string of the molecule is CC(=O)CCN(C)c1ccc(C(C)C)cc1. The molecule has 0 amide bonds. The number of hydrogen-bond donors (Lipinski definition) is 0. The first kappa shape index (κ1) is 12.8. The maximum Gasteiger partial charge on any atom is 0.131 e. The number of benzene rings is 1. The van der Waals surface area contributed by atoms with Gasteiger partial charge in [0.25, 0.3) is 0 Å². The lowest BCUT2D eigenvalue weighted by molar-refractivity contribution is -0.116. The minimum Gasteiger partial charge on any atom is -0.374 e. The maximum atomic E-state index is 10.9. The molecule has 1 aromatic rings. The predicted molar refractivity (Wildman–Crippen MR) is 69.1 cm³/mol. The van der Waals surface area contributed by atoms with Gasteiger partial charge >= 0.3 is 0 Å². The summed E-state index contributed by atoms with van der Waals surface area (Å²) in [6, 6.07) is 8.56. The van der Waals surface area contributed by atoms with Crippen LogP contribution < -0.4 is 4.90 Å². The van der Waals surface area contributed by atoms with Crippen LogP contribution in [0.1, 0.15) is 38.7 Å². The number of carbonyl (C=O) groups is 1. The van der Waals surface area contributed by atoms with Crippen LogP contribution in [0.15, 0.2) is 24.3 Å². The number of anilines is 1. The van der Waals surface area contributed by atoms with E-state index in [9.17, 15) is 4.79 Å². The third kappa shape index (κ3) is 3.69. The summed E-state index contributed by atoms with van der Waals surface area (Å²) in [7, 11) is 2.02. The molecule has 0 fully saturated rings. The second-order valence-electron chi connectivity index (χ2n) is 4.62. The molecular weight excluding hydrogens is 198 g/mol.